The summed E-state index contributed by atoms with van der Waals surface area (Å²) in [5.41, 5.74) is 8.92. The lowest BCUT2D eigenvalue weighted by atomic mass is 9.84. The molecule has 1 aromatic carbocycles. The maximum Gasteiger partial charge on any atom is 0.251 e. The number of nitrogens with two attached hydrogens (primary N) is 1. The molecule has 2 aliphatic carbocycles. The summed E-state index contributed by atoms with van der Waals surface area (Å²) in [5, 5.41) is 3.16. The van der Waals surface area contributed by atoms with Gasteiger partial charge in [0.05, 0.1) is 6.04 Å². The number of hydrogen-bond donors (Lipinski definition) is 2. The first-order valence-electron chi connectivity index (χ1n) is 9.35. The second-order valence-corrected chi connectivity index (χ2v) is 7.36. The number of rotatable bonds is 6. The molecule has 0 spiro atoms. The Morgan fingerprint density at radius 2 is 2.00 bits per heavy atom. The summed E-state index contributed by atoms with van der Waals surface area (Å²) in [6.45, 7) is 0. The van der Waals surface area contributed by atoms with Crippen LogP contribution in [0.5, 0.6) is 0 Å². The Bertz CT molecular complexity index is 554. The first kappa shape index (κ1) is 17.4. The zero-order valence-electron chi connectivity index (χ0n) is 14.7. The van der Waals surface area contributed by atoms with E-state index < -0.39 is 6.10 Å². The Hall–Kier alpha value is -1.39. The number of carbonyl (C=O) groups excluding carboxylic acids is 1. The Morgan fingerprint density at radius 3 is 2.75 bits per heavy atom. The van der Waals surface area contributed by atoms with Gasteiger partial charge >= 0.3 is 0 Å². The van der Waals surface area contributed by atoms with Gasteiger partial charge in [-0.25, -0.2) is 0 Å². The first-order chi connectivity index (χ1) is 11.7. The highest BCUT2D eigenvalue weighted by Gasteiger charge is 2.31. The highest BCUT2D eigenvalue weighted by molar-refractivity contribution is 5.82. The van der Waals surface area contributed by atoms with Gasteiger partial charge in [-0.3, -0.25) is 4.79 Å². The number of fused-ring (bicyclic) bond motifs is 1. The number of amides is 1. The molecule has 4 heteroatoms. The number of hydrogen-bond acceptors (Lipinski definition) is 3. The molecule has 4 nitrogen and oxygen atoms in total. The van der Waals surface area contributed by atoms with Gasteiger partial charge in [-0.1, -0.05) is 56.4 Å². The van der Waals surface area contributed by atoms with Crippen molar-refractivity contribution in [3.63, 3.8) is 0 Å². The predicted octanol–water partition coefficient (Wildman–Crippen LogP) is 3.10. The Labute approximate surface area is 145 Å². The summed E-state index contributed by atoms with van der Waals surface area (Å²) in [5.74, 6) is 0.578. The van der Waals surface area contributed by atoms with Gasteiger partial charge in [0.25, 0.3) is 5.91 Å². The van der Waals surface area contributed by atoms with Gasteiger partial charge in [0, 0.05) is 13.2 Å². The summed E-state index contributed by atoms with van der Waals surface area (Å²) >= 11 is 0. The lowest BCUT2D eigenvalue weighted by Gasteiger charge is -2.29. The number of benzene rings is 1. The van der Waals surface area contributed by atoms with Crippen molar-refractivity contribution in [3.05, 3.63) is 35.4 Å². The molecular formula is C20H30N2O2. The predicted molar refractivity (Wildman–Crippen MR) is 95.6 cm³/mol. The van der Waals surface area contributed by atoms with E-state index in [4.69, 9.17) is 10.5 Å². The van der Waals surface area contributed by atoms with Gasteiger partial charge in [0.1, 0.15) is 0 Å². The summed E-state index contributed by atoms with van der Waals surface area (Å²) in [7, 11) is 1.59. The summed E-state index contributed by atoms with van der Waals surface area (Å²) in [6.07, 6.45) is 8.70. The third-order valence-electron chi connectivity index (χ3n) is 5.68. The fraction of sp³-hybridized carbons (Fsp3) is 0.650. The third-order valence-corrected chi connectivity index (χ3v) is 5.68. The molecule has 0 aromatic heterocycles. The summed E-state index contributed by atoms with van der Waals surface area (Å²) in [4.78, 5) is 12.7. The highest BCUT2D eigenvalue weighted by atomic mass is 16.5. The van der Waals surface area contributed by atoms with E-state index >= 15 is 0 Å². The van der Waals surface area contributed by atoms with Crippen LogP contribution in [0.4, 0.5) is 0 Å². The molecule has 0 radical (unpaired) electrons. The zero-order valence-corrected chi connectivity index (χ0v) is 14.7. The summed E-state index contributed by atoms with van der Waals surface area (Å²) < 4.78 is 5.48. The van der Waals surface area contributed by atoms with Gasteiger partial charge < -0.3 is 15.8 Å². The van der Waals surface area contributed by atoms with E-state index in [0.29, 0.717) is 5.92 Å². The lowest BCUT2D eigenvalue weighted by molar-refractivity contribution is -0.133. The number of carbonyl (C=O) groups is 1. The average molecular weight is 330 g/mol. The fourth-order valence-electron chi connectivity index (χ4n) is 4.37. The van der Waals surface area contributed by atoms with E-state index in [9.17, 15) is 4.79 Å². The quantitative estimate of drug-likeness (QED) is 0.842. The smallest absolute Gasteiger partial charge is 0.251 e. The maximum atomic E-state index is 12.7. The standard InChI is InChI=1S/C20H30N2O2/c1-24-19(17(21)13-14-7-3-2-4-8-14)20(23)22-18-12-11-15-9-5-6-10-16(15)18/h5-6,9-10,14,17-19H,2-4,7-8,11-13,21H2,1H3,(H,22,23)/t17-,18?,19?/m1/s1. The number of nitrogens with one attached hydrogen (secondary N) is 1. The van der Waals surface area contributed by atoms with Crippen LogP contribution in [0.2, 0.25) is 0 Å². The molecular weight excluding hydrogens is 300 g/mol. The molecule has 24 heavy (non-hydrogen) atoms. The van der Waals surface area contributed by atoms with Crippen LogP contribution in [0.1, 0.15) is 62.1 Å². The minimum atomic E-state index is -0.556. The molecule has 1 saturated carbocycles. The molecule has 2 aliphatic rings. The average Bonchev–Trinajstić information content (AvgIpc) is 2.99. The largest absolute Gasteiger partial charge is 0.370 e. The van der Waals surface area contributed by atoms with Crippen molar-refractivity contribution < 1.29 is 9.53 Å². The van der Waals surface area contributed by atoms with Gasteiger partial charge in [0.2, 0.25) is 0 Å². The monoisotopic (exact) mass is 330 g/mol. The van der Waals surface area contributed by atoms with Crippen molar-refractivity contribution in [2.24, 2.45) is 11.7 Å². The molecule has 1 aromatic rings. The van der Waals surface area contributed by atoms with E-state index in [2.05, 4.69) is 23.5 Å². The van der Waals surface area contributed by atoms with Crippen LogP contribution in [0, 0.1) is 5.92 Å². The SMILES string of the molecule is COC(C(=O)NC1CCc2ccccc21)[C@H](N)CC1CCCCC1. The molecule has 3 rings (SSSR count). The topological polar surface area (TPSA) is 64.3 Å². The second-order valence-electron chi connectivity index (χ2n) is 7.36. The molecule has 2 unspecified atom stereocenters. The van der Waals surface area contributed by atoms with Gasteiger partial charge in [-0.15, -0.1) is 0 Å². The zero-order chi connectivity index (χ0) is 16.9. The highest BCUT2D eigenvalue weighted by Crippen LogP contribution is 2.31. The van der Waals surface area contributed by atoms with Crippen LogP contribution < -0.4 is 11.1 Å². The molecule has 0 saturated heterocycles. The van der Waals surface area contributed by atoms with Crippen molar-refractivity contribution in [2.75, 3.05) is 7.11 Å². The fourth-order valence-corrected chi connectivity index (χ4v) is 4.37. The minimum Gasteiger partial charge on any atom is -0.370 e. The van der Waals surface area contributed by atoms with Gasteiger partial charge in [-0.05, 0) is 36.3 Å². The molecule has 3 N–H and O–H groups in total. The molecule has 3 atom stereocenters. The van der Waals surface area contributed by atoms with Crippen molar-refractivity contribution in [1.82, 2.24) is 5.32 Å². The third kappa shape index (κ3) is 3.98. The number of methoxy groups -OCH3 is 1. The Morgan fingerprint density at radius 1 is 1.25 bits per heavy atom. The first-order valence-corrected chi connectivity index (χ1v) is 9.35. The van der Waals surface area contributed by atoms with Crippen molar-refractivity contribution in [3.8, 4) is 0 Å². The maximum absolute atomic E-state index is 12.7. The van der Waals surface area contributed by atoms with Crippen LogP contribution in [-0.2, 0) is 16.0 Å². The molecule has 0 bridgehead atoms. The van der Waals surface area contributed by atoms with Crippen LogP contribution in [0.15, 0.2) is 24.3 Å². The number of ether oxygens (including phenoxy) is 1. The minimum absolute atomic E-state index is 0.0671. The van der Waals surface area contributed by atoms with Crippen molar-refractivity contribution in [1.29, 1.82) is 0 Å². The number of aryl methyl sites for hydroxylation is 1. The lowest BCUT2D eigenvalue weighted by Crippen LogP contribution is -2.49. The molecule has 132 valence electrons. The second kappa shape index (κ2) is 8.13. The molecule has 1 fully saturated rings. The van der Waals surface area contributed by atoms with E-state index in [-0.39, 0.29) is 18.0 Å². The van der Waals surface area contributed by atoms with E-state index in [1.807, 2.05) is 6.07 Å². The molecule has 0 aliphatic heterocycles. The van der Waals surface area contributed by atoms with E-state index in [0.717, 1.165) is 19.3 Å². The van der Waals surface area contributed by atoms with E-state index in [1.165, 1.54) is 43.2 Å². The van der Waals surface area contributed by atoms with Crippen molar-refractivity contribution in [2.45, 2.75) is 69.6 Å². The molecule has 1 amide bonds. The van der Waals surface area contributed by atoms with Gasteiger partial charge in [-0.2, -0.15) is 0 Å². The Balaban J connectivity index is 1.58. The van der Waals surface area contributed by atoms with Crippen LogP contribution in [-0.4, -0.2) is 25.2 Å². The van der Waals surface area contributed by atoms with Crippen LogP contribution >= 0.6 is 0 Å². The summed E-state index contributed by atoms with van der Waals surface area (Å²) in [6, 6.07) is 8.21. The van der Waals surface area contributed by atoms with Gasteiger partial charge in [0.15, 0.2) is 6.10 Å². The van der Waals surface area contributed by atoms with Crippen molar-refractivity contribution >= 4 is 5.91 Å². The molecule has 0 heterocycles. The van der Waals surface area contributed by atoms with Crippen LogP contribution in [0.25, 0.3) is 0 Å². The van der Waals surface area contributed by atoms with E-state index in [1.54, 1.807) is 7.11 Å². The van der Waals surface area contributed by atoms with Crippen LogP contribution in [0.3, 0.4) is 0 Å². The normalized spacial score (nSPS) is 23.5. The Kier molecular flexibility index (Phi) is 5.90.